The Morgan fingerprint density at radius 1 is 1.21 bits per heavy atom. The highest BCUT2D eigenvalue weighted by molar-refractivity contribution is 5.81. The van der Waals surface area contributed by atoms with Crippen molar-refractivity contribution in [1.29, 1.82) is 0 Å². The number of carbonyl (C=O) groups is 1. The van der Waals surface area contributed by atoms with Crippen LogP contribution in [0.3, 0.4) is 0 Å². The van der Waals surface area contributed by atoms with E-state index >= 15 is 0 Å². The predicted molar refractivity (Wildman–Crippen MR) is 115 cm³/mol. The summed E-state index contributed by atoms with van der Waals surface area (Å²) in [5.74, 6) is 1.57. The highest BCUT2D eigenvalue weighted by Gasteiger charge is 2.23. The number of nitrogens with one attached hydrogen (secondary N) is 3. The first-order chi connectivity index (χ1) is 14.0. The Balaban J connectivity index is 1.93. The molecule has 0 spiro atoms. The topological polar surface area (TPSA) is 87.2 Å². The maximum absolute atomic E-state index is 11.8. The molecule has 0 radical (unpaired) electrons. The summed E-state index contributed by atoms with van der Waals surface area (Å²) in [7, 11) is 3.41. The minimum atomic E-state index is 0.0346. The fourth-order valence-corrected chi connectivity index (χ4v) is 3.28. The molecule has 1 unspecified atom stereocenters. The lowest BCUT2D eigenvalue weighted by Gasteiger charge is -2.35. The molecule has 8 heteroatoms. The molecule has 1 heterocycles. The molecule has 1 amide bonds. The average Bonchev–Trinajstić information content (AvgIpc) is 2.73. The molecule has 3 N–H and O–H groups in total. The molecule has 2 rings (SSSR count). The van der Waals surface area contributed by atoms with Crippen molar-refractivity contribution in [3.63, 3.8) is 0 Å². The summed E-state index contributed by atoms with van der Waals surface area (Å²) in [5.41, 5.74) is 1.21. The zero-order valence-electron chi connectivity index (χ0n) is 18.0. The molecule has 29 heavy (non-hydrogen) atoms. The van der Waals surface area contributed by atoms with Gasteiger partial charge in [-0.2, -0.15) is 0 Å². The molecule has 1 aliphatic rings. The first-order valence-electron chi connectivity index (χ1n) is 10.2. The van der Waals surface area contributed by atoms with Crippen LogP contribution in [0.25, 0.3) is 0 Å². The van der Waals surface area contributed by atoms with E-state index in [9.17, 15) is 4.79 Å². The normalized spacial score (nSPS) is 16.4. The molecule has 8 nitrogen and oxygen atoms in total. The summed E-state index contributed by atoms with van der Waals surface area (Å²) in [6.45, 7) is 8.40. The van der Waals surface area contributed by atoms with Gasteiger partial charge in [0.1, 0.15) is 5.75 Å². The summed E-state index contributed by atoms with van der Waals surface area (Å²) in [5, 5.41) is 9.51. The lowest BCUT2D eigenvalue weighted by Crippen LogP contribution is -2.46. The standard InChI is InChI=1S/C21H35N5O3/c1-16(2)25-20(27)9-10-23-21(22-3)24-15-19(26-11-13-29-14-12-26)17-5-7-18(28-4)8-6-17/h5-8,16,19H,9-15H2,1-4H3,(H,25,27)(H2,22,23,24). The number of methoxy groups -OCH3 is 1. The Bertz CT molecular complexity index is 642. The number of hydrogen-bond donors (Lipinski definition) is 3. The number of hydrogen-bond acceptors (Lipinski definition) is 5. The van der Waals surface area contributed by atoms with Crippen molar-refractivity contribution >= 4 is 11.9 Å². The van der Waals surface area contributed by atoms with Gasteiger partial charge in [0, 0.05) is 45.7 Å². The van der Waals surface area contributed by atoms with Crippen LogP contribution in [0.4, 0.5) is 0 Å². The molecule has 1 saturated heterocycles. The summed E-state index contributed by atoms with van der Waals surface area (Å²) in [6.07, 6.45) is 0.407. The molecule has 162 valence electrons. The van der Waals surface area contributed by atoms with Gasteiger partial charge in [0.15, 0.2) is 5.96 Å². The SMILES string of the molecule is CN=C(NCCC(=O)NC(C)C)NCC(c1ccc(OC)cc1)N1CCOCC1. The molecule has 0 aliphatic carbocycles. The van der Waals surface area contributed by atoms with Gasteiger partial charge >= 0.3 is 0 Å². The predicted octanol–water partition coefficient (Wildman–Crippen LogP) is 1.15. The zero-order chi connectivity index (χ0) is 21.1. The number of rotatable bonds is 9. The Labute approximate surface area is 174 Å². The summed E-state index contributed by atoms with van der Waals surface area (Å²) < 4.78 is 10.8. The third kappa shape index (κ3) is 7.91. The molecule has 1 aromatic carbocycles. The molecule has 0 saturated carbocycles. The van der Waals surface area contributed by atoms with Crippen LogP contribution >= 0.6 is 0 Å². The Kier molecular flexibility index (Phi) is 9.73. The minimum absolute atomic E-state index is 0.0346. The van der Waals surface area contributed by atoms with Gasteiger partial charge < -0.3 is 25.4 Å². The van der Waals surface area contributed by atoms with Gasteiger partial charge in [0.2, 0.25) is 5.91 Å². The lowest BCUT2D eigenvalue weighted by atomic mass is 10.0. The Hall–Kier alpha value is -2.32. The van der Waals surface area contributed by atoms with Gasteiger partial charge in [-0.25, -0.2) is 0 Å². The number of nitrogens with zero attached hydrogens (tertiary/aromatic N) is 2. The molecular formula is C21H35N5O3. The maximum Gasteiger partial charge on any atom is 0.221 e. The highest BCUT2D eigenvalue weighted by atomic mass is 16.5. The molecule has 0 bridgehead atoms. The number of morpholine rings is 1. The summed E-state index contributed by atoms with van der Waals surface area (Å²) >= 11 is 0. The Morgan fingerprint density at radius 3 is 2.48 bits per heavy atom. The van der Waals surface area contributed by atoms with E-state index in [2.05, 4.69) is 38.0 Å². The van der Waals surface area contributed by atoms with Crippen molar-refractivity contribution in [3.8, 4) is 5.75 Å². The first-order valence-corrected chi connectivity index (χ1v) is 10.2. The van der Waals surface area contributed by atoms with Gasteiger partial charge in [-0.05, 0) is 31.5 Å². The fourth-order valence-electron chi connectivity index (χ4n) is 3.28. The largest absolute Gasteiger partial charge is 0.497 e. The summed E-state index contributed by atoms with van der Waals surface area (Å²) in [4.78, 5) is 18.5. The highest BCUT2D eigenvalue weighted by Crippen LogP contribution is 2.23. The second-order valence-corrected chi connectivity index (χ2v) is 7.29. The van der Waals surface area contributed by atoms with Crippen molar-refractivity contribution in [3.05, 3.63) is 29.8 Å². The smallest absolute Gasteiger partial charge is 0.221 e. The van der Waals surface area contributed by atoms with Crippen LogP contribution in [-0.4, -0.2) is 76.4 Å². The number of guanidine groups is 1. The van der Waals surface area contributed by atoms with Crippen molar-refractivity contribution in [2.75, 3.05) is 53.6 Å². The van der Waals surface area contributed by atoms with Crippen LogP contribution in [0.1, 0.15) is 31.9 Å². The molecule has 1 fully saturated rings. The van der Waals surface area contributed by atoms with E-state index in [4.69, 9.17) is 9.47 Å². The van der Waals surface area contributed by atoms with Gasteiger partial charge in [0.05, 0.1) is 26.4 Å². The van der Waals surface area contributed by atoms with Crippen molar-refractivity contribution in [2.45, 2.75) is 32.4 Å². The fraction of sp³-hybridized carbons (Fsp3) is 0.619. The molecule has 0 aromatic heterocycles. The van der Waals surface area contributed by atoms with Gasteiger partial charge in [-0.15, -0.1) is 0 Å². The number of ether oxygens (including phenoxy) is 2. The van der Waals surface area contributed by atoms with Crippen LogP contribution in [0.15, 0.2) is 29.3 Å². The van der Waals surface area contributed by atoms with Crippen LogP contribution in [0.5, 0.6) is 5.75 Å². The Morgan fingerprint density at radius 2 is 1.90 bits per heavy atom. The molecular weight excluding hydrogens is 370 g/mol. The van der Waals surface area contributed by atoms with E-state index in [0.29, 0.717) is 25.5 Å². The van der Waals surface area contributed by atoms with E-state index in [1.807, 2.05) is 26.0 Å². The quantitative estimate of drug-likeness (QED) is 0.422. The molecule has 1 aromatic rings. The minimum Gasteiger partial charge on any atom is -0.497 e. The second kappa shape index (κ2) is 12.3. The van der Waals surface area contributed by atoms with Crippen LogP contribution in [-0.2, 0) is 9.53 Å². The number of carbonyl (C=O) groups excluding carboxylic acids is 1. The number of amides is 1. The number of aliphatic imine (C=N–C) groups is 1. The van der Waals surface area contributed by atoms with Gasteiger partial charge in [0.25, 0.3) is 0 Å². The van der Waals surface area contributed by atoms with E-state index in [1.165, 1.54) is 5.56 Å². The van der Waals surface area contributed by atoms with E-state index in [1.54, 1.807) is 14.2 Å². The summed E-state index contributed by atoms with van der Waals surface area (Å²) in [6, 6.07) is 8.53. The van der Waals surface area contributed by atoms with E-state index in [-0.39, 0.29) is 18.0 Å². The van der Waals surface area contributed by atoms with Crippen molar-refractivity contribution in [2.24, 2.45) is 4.99 Å². The first kappa shape index (κ1) is 23.0. The molecule has 1 aliphatic heterocycles. The molecule has 1 atom stereocenters. The van der Waals surface area contributed by atoms with E-state index in [0.717, 1.165) is 32.1 Å². The number of benzene rings is 1. The van der Waals surface area contributed by atoms with Gasteiger partial charge in [-0.1, -0.05) is 12.1 Å². The van der Waals surface area contributed by atoms with Crippen LogP contribution < -0.4 is 20.7 Å². The monoisotopic (exact) mass is 405 g/mol. The van der Waals surface area contributed by atoms with Crippen LogP contribution in [0.2, 0.25) is 0 Å². The third-order valence-electron chi connectivity index (χ3n) is 4.77. The zero-order valence-corrected chi connectivity index (χ0v) is 18.0. The second-order valence-electron chi connectivity index (χ2n) is 7.29. The average molecular weight is 406 g/mol. The van der Waals surface area contributed by atoms with Gasteiger partial charge in [-0.3, -0.25) is 14.7 Å². The van der Waals surface area contributed by atoms with E-state index < -0.39 is 0 Å². The third-order valence-corrected chi connectivity index (χ3v) is 4.77. The van der Waals surface area contributed by atoms with Crippen molar-refractivity contribution < 1.29 is 14.3 Å². The van der Waals surface area contributed by atoms with Crippen molar-refractivity contribution in [1.82, 2.24) is 20.9 Å². The maximum atomic E-state index is 11.8. The van der Waals surface area contributed by atoms with Crippen LogP contribution in [0, 0.1) is 0 Å². The lowest BCUT2D eigenvalue weighted by molar-refractivity contribution is -0.121.